The summed E-state index contributed by atoms with van der Waals surface area (Å²) in [5.74, 6) is 2.51. The van der Waals surface area contributed by atoms with Gasteiger partial charge in [0, 0.05) is 29.6 Å². The summed E-state index contributed by atoms with van der Waals surface area (Å²) >= 11 is 0. The molecule has 1 aliphatic carbocycles. The average molecular weight is 652 g/mol. The normalized spacial score (nSPS) is 19.9. The molecule has 0 spiro atoms. The topological polar surface area (TPSA) is 41.4 Å². The van der Waals surface area contributed by atoms with Gasteiger partial charge in [0.2, 0.25) is 6.79 Å². The number of hydrogen-bond donors (Lipinski definition) is 1. The molecule has 0 bridgehead atoms. The van der Waals surface area contributed by atoms with Crippen molar-refractivity contribution >= 4 is 5.70 Å². The fraction of sp³-hybridized carbons (Fsp3) is 0.366. The van der Waals surface area contributed by atoms with Gasteiger partial charge in [-0.2, -0.15) is 0 Å². The van der Waals surface area contributed by atoms with Crippen LogP contribution in [0.15, 0.2) is 101 Å². The Morgan fingerprint density at radius 1 is 0.809 bits per heavy atom. The van der Waals surface area contributed by atoms with Crippen LogP contribution >= 0.6 is 0 Å². The molecule has 0 saturated carbocycles. The molecule has 3 aliphatic heterocycles. The van der Waals surface area contributed by atoms with Gasteiger partial charge in [0.05, 0.1) is 20.3 Å². The van der Waals surface area contributed by atoms with Crippen LogP contribution in [-0.4, -0.2) is 26.6 Å². The number of halogens is 1. The summed E-state index contributed by atoms with van der Waals surface area (Å²) in [6.45, 7) is 15.3. The van der Waals surface area contributed by atoms with Crippen molar-refractivity contribution in [1.82, 2.24) is 0 Å². The fourth-order valence-electron chi connectivity index (χ4n) is 7.02. The van der Waals surface area contributed by atoms with Crippen molar-refractivity contribution in [1.29, 1.82) is 0 Å². The number of ether oxygens (including phenoxy) is 4. The molecule has 47 heavy (non-hydrogen) atoms. The smallest absolute Gasteiger partial charge is 0.231 e. The summed E-state index contributed by atoms with van der Waals surface area (Å²) in [5, 5.41) is 0. The number of nitrogens with one attached hydrogen (secondary N) is 1. The Morgan fingerprint density at radius 3 is 2.04 bits per heavy atom. The summed E-state index contributed by atoms with van der Waals surface area (Å²) in [4.78, 5) is 1.35. The third-order valence-corrected chi connectivity index (χ3v) is 9.75. The average Bonchev–Trinajstić information content (AvgIpc) is 3.49. The monoisotopic (exact) mass is 651 g/mol. The molecule has 3 aromatic rings. The molecular weight excluding hydrogens is 606 g/mol. The van der Waals surface area contributed by atoms with Crippen LogP contribution < -0.4 is 26.8 Å². The van der Waals surface area contributed by atoms with Gasteiger partial charge < -0.3 is 31.4 Å². The standard InChI is InChI=1S/C41H45NO4.ClH/c1-40(2,3)29-12-8-26(9-13-29)20-33-31-16-17-35(43-7)39(44-24-27-10-14-30(15-11-27)41(4,5)6)34(31)23-42-19-18-28-21-36-37(46-25-45-36)22-32(28)38(33)42;/h8-17,21-23,39H,18-20,24-25H2,1-7H3;1H. The summed E-state index contributed by atoms with van der Waals surface area (Å²) in [5.41, 5.74) is 12.9. The molecule has 0 aromatic heterocycles. The van der Waals surface area contributed by atoms with E-state index in [2.05, 4.69) is 121 Å². The summed E-state index contributed by atoms with van der Waals surface area (Å²) < 4.78 is 24.3. The van der Waals surface area contributed by atoms with Crippen LogP contribution in [0, 0.1) is 0 Å². The Labute approximate surface area is 286 Å². The molecule has 246 valence electrons. The fourth-order valence-corrected chi connectivity index (χ4v) is 7.02. The van der Waals surface area contributed by atoms with E-state index in [1.165, 1.54) is 55.1 Å². The lowest BCUT2D eigenvalue weighted by Gasteiger charge is -2.36. The Kier molecular flexibility index (Phi) is 8.94. The summed E-state index contributed by atoms with van der Waals surface area (Å²) in [6.07, 6.45) is 8.18. The molecule has 2 atom stereocenters. The molecule has 0 amide bonds. The van der Waals surface area contributed by atoms with Gasteiger partial charge in [-0.1, -0.05) is 96.1 Å². The van der Waals surface area contributed by atoms with E-state index in [9.17, 15) is 0 Å². The van der Waals surface area contributed by atoms with E-state index in [-0.39, 0.29) is 36.1 Å². The van der Waals surface area contributed by atoms with Crippen molar-refractivity contribution in [2.24, 2.45) is 0 Å². The quantitative estimate of drug-likeness (QED) is 0.430. The van der Waals surface area contributed by atoms with Gasteiger partial charge in [0.15, 0.2) is 11.5 Å². The minimum atomic E-state index is -0.294. The largest absolute Gasteiger partial charge is 1.00 e. The van der Waals surface area contributed by atoms with Crippen LogP contribution in [0.1, 0.15) is 74.9 Å². The van der Waals surface area contributed by atoms with E-state index >= 15 is 0 Å². The molecular formula is C41H46ClNO4. The predicted molar refractivity (Wildman–Crippen MR) is 183 cm³/mol. The van der Waals surface area contributed by atoms with Crippen molar-refractivity contribution in [3.8, 4) is 11.5 Å². The van der Waals surface area contributed by atoms with E-state index in [1.807, 2.05) is 0 Å². The zero-order valence-electron chi connectivity index (χ0n) is 28.6. The molecule has 0 saturated heterocycles. The highest BCUT2D eigenvalue weighted by Gasteiger charge is 2.40. The number of hydrogen-bond acceptors (Lipinski definition) is 4. The van der Waals surface area contributed by atoms with Crippen LogP contribution in [0.3, 0.4) is 0 Å². The zero-order valence-corrected chi connectivity index (χ0v) is 29.4. The maximum Gasteiger partial charge on any atom is 0.231 e. The number of allylic oxidation sites excluding steroid dienone is 3. The molecule has 6 heteroatoms. The van der Waals surface area contributed by atoms with Crippen LogP contribution in [0.5, 0.6) is 11.5 Å². The Morgan fingerprint density at radius 2 is 1.43 bits per heavy atom. The van der Waals surface area contributed by atoms with Crippen molar-refractivity contribution in [3.05, 3.63) is 135 Å². The molecule has 0 radical (unpaired) electrons. The molecule has 5 nitrogen and oxygen atoms in total. The first kappa shape index (κ1) is 33.1. The lowest BCUT2D eigenvalue weighted by molar-refractivity contribution is -0.771. The van der Waals surface area contributed by atoms with Crippen molar-refractivity contribution in [3.63, 3.8) is 0 Å². The lowest BCUT2D eigenvalue weighted by atomic mass is 9.79. The third-order valence-electron chi connectivity index (χ3n) is 9.75. The highest BCUT2D eigenvalue weighted by Crippen LogP contribution is 2.43. The number of methoxy groups -OCH3 is 1. The molecule has 7 rings (SSSR count). The highest BCUT2D eigenvalue weighted by molar-refractivity contribution is 5.77. The van der Waals surface area contributed by atoms with Crippen LogP contribution in [-0.2, 0) is 39.8 Å². The van der Waals surface area contributed by atoms with E-state index in [0.717, 1.165) is 42.2 Å². The van der Waals surface area contributed by atoms with Crippen LogP contribution in [0.2, 0.25) is 0 Å². The first-order chi connectivity index (χ1) is 22.0. The van der Waals surface area contributed by atoms with Crippen molar-refractivity contribution < 1.29 is 36.3 Å². The minimum Gasteiger partial charge on any atom is -1.00 e. The Balaban J connectivity index is 0.00000386. The minimum absolute atomic E-state index is 0. The second-order valence-corrected chi connectivity index (χ2v) is 15.0. The summed E-state index contributed by atoms with van der Waals surface area (Å²) in [7, 11) is 1.74. The van der Waals surface area contributed by atoms with Gasteiger partial charge in [-0.25, -0.2) is 0 Å². The lowest BCUT2D eigenvalue weighted by Crippen LogP contribution is -3.06. The first-order valence-electron chi connectivity index (χ1n) is 16.5. The number of benzene rings is 3. The van der Waals surface area contributed by atoms with Crippen LogP contribution in [0.25, 0.3) is 5.70 Å². The van der Waals surface area contributed by atoms with Crippen LogP contribution in [0.4, 0.5) is 0 Å². The maximum absolute atomic E-state index is 6.75. The summed E-state index contributed by atoms with van der Waals surface area (Å²) in [6, 6.07) is 22.4. The molecule has 1 N–H and O–H groups in total. The zero-order chi connectivity index (χ0) is 32.2. The Hall–Kier alpha value is -3.77. The molecule has 4 aliphatic rings. The number of rotatable bonds is 6. The Bertz CT molecular complexity index is 1780. The third kappa shape index (κ3) is 6.41. The van der Waals surface area contributed by atoms with Crippen molar-refractivity contribution in [2.45, 2.75) is 77.9 Å². The van der Waals surface area contributed by atoms with E-state index in [4.69, 9.17) is 18.9 Å². The second kappa shape index (κ2) is 12.7. The first-order valence-corrected chi connectivity index (χ1v) is 16.5. The van der Waals surface area contributed by atoms with E-state index in [1.54, 1.807) is 7.11 Å². The predicted octanol–water partition coefficient (Wildman–Crippen LogP) is 4.36. The second-order valence-electron chi connectivity index (χ2n) is 15.0. The van der Waals surface area contributed by atoms with E-state index < -0.39 is 0 Å². The van der Waals surface area contributed by atoms with Gasteiger partial charge in [-0.05, 0) is 62.4 Å². The molecule has 0 fully saturated rings. The molecule has 2 unspecified atom stereocenters. The highest BCUT2D eigenvalue weighted by atomic mass is 35.5. The molecule has 3 aromatic carbocycles. The SMILES string of the molecule is COC1=CC=C2C(=C[NH+]3CCc4cc5c(cc4C3=C2Cc2ccc(C(C)(C)C)cc2)OCO5)C1OCc1ccc(C(C)(C)C)cc1.[Cl-]. The number of quaternary nitrogens is 1. The molecule has 3 heterocycles. The van der Waals surface area contributed by atoms with Gasteiger partial charge in [-0.15, -0.1) is 0 Å². The van der Waals surface area contributed by atoms with Gasteiger partial charge in [0.25, 0.3) is 0 Å². The van der Waals surface area contributed by atoms with Gasteiger partial charge >= 0.3 is 0 Å². The van der Waals surface area contributed by atoms with Gasteiger partial charge in [0.1, 0.15) is 23.8 Å². The van der Waals surface area contributed by atoms with Crippen molar-refractivity contribution in [2.75, 3.05) is 20.4 Å². The number of fused-ring (bicyclic) bond motifs is 5. The van der Waals surface area contributed by atoms with Gasteiger partial charge in [-0.3, -0.25) is 4.90 Å². The van der Waals surface area contributed by atoms with E-state index in [0.29, 0.717) is 6.61 Å². The maximum atomic E-state index is 6.75.